The fourth-order valence-electron chi connectivity index (χ4n) is 3.27. The lowest BCUT2D eigenvalue weighted by atomic mass is 10.1. The number of alkyl halides is 3. The normalized spacial score (nSPS) is 13.0. The minimum absolute atomic E-state index is 0.161. The predicted molar refractivity (Wildman–Crippen MR) is 97.8 cm³/mol. The number of nitrogens with zero attached hydrogens (tertiary/aromatic N) is 2. The molecule has 1 aliphatic heterocycles. The number of hydrogen-bond donors (Lipinski definition) is 0. The Hall–Kier alpha value is -2.48. The molecule has 4 rings (SSSR count). The van der Waals surface area contributed by atoms with Crippen molar-refractivity contribution in [2.75, 3.05) is 0 Å². The fraction of sp³-hybridized carbons (Fsp3) is 0.263. The number of unbranched alkanes of at least 4 members (excludes halogenated alkanes) is 1. The summed E-state index contributed by atoms with van der Waals surface area (Å²) in [7, 11) is 0. The molecule has 0 unspecified atom stereocenters. The third kappa shape index (κ3) is 2.79. The van der Waals surface area contributed by atoms with Crippen LogP contribution in [0, 0.1) is 0 Å². The van der Waals surface area contributed by atoms with E-state index in [1.807, 2.05) is 6.92 Å². The van der Waals surface area contributed by atoms with E-state index in [2.05, 4.69) is 0 Å². The molecule has 0 radical (unpaired) electrons. The Morgan fingerprint density at radius 1 is 1.07 bits per heavy atom. The molecule has 8 heteroatoms. The van der Waals surface area contributed by atoms with Crippen LogP contribution >= 0.6 is 11.8 Å². The molecule has 0 bridgehead atoms. The zero-order chi connectivity index (χ0) is 19.3. The topological polar surface area (TPSA) is 44.0 Å². The Balaban J connectivity index is 2.11. The first-order valence-electron chi connectivity index (χ1n) is 8.51. The second-order valence-corrected chi connectivity index (χ2v) is 7.45. The highest BCUT2D eigenvalue weighted by Gasteiger charge is 2.33. The standard InChI is InChI=1S/C19H15F3N2O2S/c1-2-3-9-23-17(25)12-5-4-6-15-16(12)24(18(23)26)13-10-11(19(20,21)22)7-8-14(13)27-15/h4-8,10H,2-3,9H2,1H3. The summed E-state index contributed by atoms with van der Waals surface area (Å²) in [5.41, 5.74) is -1.30. The average Bonchev–Trinajstić information content (AvgIpc) is 2.63. The summed E-state index contributed by atoms with van der Waals surface area (Å²) in [6.07, 6.45) is -3.10. The van der Waals surface area contributed by atoms with E-state index in [1.54, 1.807) is 18.2 Å². The molecule has 1 aliphatic rings. The third-order valence-corrected chi connectivity index (χ3v) is 5.72. The Kier molecular flexibility index (Phi) is 4.18. The Labute approximate surface area is 156 Å². The van der Waals surface area contributed by atoms with Crippen molar-refractivity contribution in [2.45, 2.75) is 42.3 Å². The molecule has 0 atom stereocenters. The molecule has 3 aromatic rings. The van der Waals surface area contributed by atoms with Crippen molar-refractivity contribution in [3.63, 3.8) is 0 Å². The van der Waals surface area contributed by atoms with Crippen molar-refractivity contribution in [1.29, 1.82) is 0 Å². The number of halogens is 3. The van der Waals surface area contributed by atoms with E-state index < -0.39 is 23.0 Å². The fourth-order valence-corrected chi connectivity index (χ4v) is 4.34. The lowest BCUT2D eigenvalue weighted by Crippen LogP contribution is -2.40. The molecule has 0 fully saturated rings. The van der Waals surface area contributed by atoms with Gasteiger partial charge >= 0.3 is 11.9 Å². The number of benzene rings is 2. The van der Waals surface area contributed by atoms with Crippen LogP contribution < -0.4 is 11.2 Å². The Bertz CT molecular complexity index is 1180. The van der Waals surface area contributed by atoms with Crippen LogP contribution in [0.15, 0.2) is 55.8 Å². The summed E-state index contributed by atoms with van der Waals surface area (Å²) >= 11 is 1.26. The SMILES string of the molecule is CCCCn1c(=O)c2cccc3c2n(c1=O)-c1cc(C(F)(F)F)ccc1S3. The lowest BCUT2D eigenvalue weighted by Gasteiger charge is -2.23. The number of fused-ring (bicyclic) bond motifs is 2. The van der Waals surface area contributed by atoms with Gasteiger partial charge in [0.2, 0.25) is 0 Å². The van der Waals surface area contributed by atoms with Crippen LogP contribution in [0.4, 0.5) is 13.2 Å². The summed E-state index contributed by atoms with van der Waals surface area (Å²) in [6.45, 7) is 2.17. The average molecular weight is 392 g/mol. The van der Waals surface area contributed by atoms with E-state index in [4.69, 9.17) is 0 Å². The molecule has 140 valence electrons. The van der Waals surface area contributed by atoms with Gasteiger partial charge in [-0.15, -0.1) is 0 Å². The van der Waals surface area contributed by atoms with Crippen LogP contribution in [0.5, 0.6) is 0 Å². The molecule has 4 nitrogen and oxygen atoms in total. The van der Waals surface area contributed by atoms with Gasteiger partial charge in [-0.1, -0.05) is 31.2 Å². The molecule has 0 N–H and O–H groups in total. The number of aromatic nitrogens is 2. The molecule has 27 heavy (non-hydrogen) atoms. The van der Waals surface area contributed by atoms with Crippen molar-refractivity contribution in [3.8, 4) is 5.69 Å². The Morgan fingerprint density at radius 3 is 2.56 bits per heavy atom. The number of rotatable bonds is 3. The molecule has 0 spiro atoms. The molecule has 2 aromatic carbocycles. The van der Waals surface area contributed by atoms with Crippen LogP contribution in [-0.4, -0.2) is 9.13 Å². The second-order valence-electron chi connectivity index (χ2n) is 6.36. The van der Waals surface area contributed by atoms with Gasteiger partial charge in [-0.2, -0.15) is 13.2 Å². The summed E-state index contributed by atoms with van der Waals surface area (Å²) in [6, 6.07) is 8.46. The summed E-state index contributed by atoms with van der Waals surface area (Å²) in [4.78, 5) is 27.1. The molecular formula is C19H15F3N2O2S. The second kappa shape index (κ2) is 6.30. The van der Waals surface area contributed by atoms with Gasteiger partial charge in [-0.25, -0.2) is 4.79 Å². The van der Waals surface area contributed by atoms with Crippen LogP contribution in [0.1, 0.15) is 25.3 Å². The highest BCUT2D eigenvalue weighted by Crippen LogP contribution is 2.42. The smallest absolute Gasteiger partial charge is 0.268 e. The van der Waals surface area contributed by atoms with Gasteiger partial charge in [0, 0.05) is 16.3 Å². The number of hydrogen-bond acceptors (Lipinski definition) is 3. The molecule has 0 saturated carbocycles. The van der Waals surface area contributed by atoms with Gasteiger partial charge in [0.25, 0.3) is 5.56 Å². The largest absolute Gasteiger partial charge is 0.416 e. The molecular weight excluding hydrogens is 377 g/mol. The van der Waals surface area contributed by atoms with Crippen LogP contribution in [-0.2, 0) is 12.7 Å². The molecule has 1 aromatic heterocycles. The van der Waals surface area contributed by atoms with Gasteiger partial charge < -0.3 is 0 Å². The van der Waals surface area contributed by atoms with Gasteiger partial charge in [0.15, 0.2) is 0 Å². The van der Waals surface area contributed by atoms with Crippen molar-refractivity contribution >= 4 is 22.7 Å². The first kappa shape index (κ1) is 17.9. The summed E-state index contributed by atoms with van der Waals surface area (Å²) < 4.78 is 42.0. The Morgan fingerprint density at radius 2 is 1.85 bits per heavy atom. The van der Waals surface area contributed by atoms with Crippen LogP contribution in [0.3, 0.4) is 0 Å². The monoisotopic (exact) mass is 392 g/mol. The van der Waals surface area contributed by atoms with Crippen molar-refractivity contribution in [1.82, 2.24) is 9.13 Å². The van der Waals surface area contributed by atoms with Crippen LogP contribution in [0.25, 0.3) is 16.6 Å². The summed E-state index contributed by atoms with van der Waals surface area (Å²) in [5, 5.41) is 0.332. The quantitative estimate of drug-likeness (QED) is 0.518. The molecule has 0 aliphatic carbocycles. The lowest BCUT2D eigenvalue weighted by molar-refractivity contribution is -0.137. The molecule has 2 heterocycles. The van der Waals surface area contributed by atoms with Gasteiger partial charge in [-0.3, -0.25) is 13.9 Å². The third-order valence-electron chi connectivity index (χ3n) is 4.60. The maximum Gasteiger partial charge on any atom is 0.416 e. The van der Waals surface area contributed by atoms with Crippen LogP contribution in [0.2, 0.25) is 0 Å². The first-order valence-corrected chi connectivity index (χ1v) is 9.32. The zero-order valence-electron chi connectivity index (χ0n) is 14.3. The van der Waals surface area contributed by atoms with E-state index in [1.165, 1.54) is 22.4 Å². The predicted octanol–water partition coefficient (Wildman–Crippen LogP) is 4.44. The van der Waals surface area contributed by atoms with E-state index in [0.717, 1.165) is 23.1 Å². The van der Waals surface area contributed by atoms with Crippen molar-refractivity contribution in [2.24, 2.45) is 0 Å². The number of para-hydroxylation sites is 1. The molecule has 0 saturated heterocycles. The van der Waals surface area contributed by atoms with E-state index in [9.17, 15) is 22.8 Å². The maximum absolute atomic E-state index is 13.2. The van der Waals surface area contributed by atoms with Gasteiger partial charge in [0.1, 0.15) is 0 Å². The van der Waals surface area contributed by atoms with E-state index in [0.29, 0.717) is 27.1 Å². The summed E-state index contributed by atoms with van der Waals surface area (Å²) in [5.74, 6) is 0. The highest BCUT2D eigenvalue weighted by molar-refractivity contribution is 7.99. The minimum atomic E-state index is -4.52. The first-order chi connectivity index (χ1) is 12.8. The minimum Gasteiger partial charge on any atom is -0.268 e. The van der Waals surface area contributed by atoms with E-state index in [-0.39, 0.29) is 12.2 Å². The van der Waals surface area contributed by atoms with Gasteiger partial charge in [-0.05, 0) is 36.8 Å². The van der Waals surface area contributed by atoms with Crippen molar-refractivity contribution in [3.05, 3.63) is 62.8 Å². The molecule has 0 amide bonds. The zero-order valence-corrected chi connectivity index (χ0v) is 15.2. The van der Waals surface area contributed by atoms with Gasteiger partial charge in [0.05, 0.1) is 22.2 Å². The van der Waals surface area contributed by atoms with E-state index >= 15 is 0 Å². The maximum atomic E-state index is 13.2. The van der Waals surface area contributed by atoms with Crippen molar-refractivity contribution < 1.29 is 13.2 Å². The highest BCUT2D eigenvalue weighted by atomic mass is 32.2.